The molecule has 0 saturated carbocycles. The van der Waals surface area contributed by atoms with Gasteiger partial charge in [-0.05, 0) is 29.7 Å². The highest BCUT2D eigenvalue weighted by Crippen LogP contribution is 2.17. The molecule has 2 rings (SSSR count). The molecule has 0 radical (unpaired) electrons. The molecule has 0 bridgehead atoms. The predicted octanol–water partition coefficient (Wildman–Crippen LogP) is 3.26. The van der Waals surface area contributed by atoms with Crippen LogP contribution in [-0.4, -0.2) is 19.5 Å². The molecule has 0 aliphatic rings. The summed E-state index contributed by atoms with van der Waals surface area (Å²) in [6.45, 7) is 3.02. The molecule has 2 aromatic carbocycles. The van der Waals surface area contributed by atoms with E-state index in [1.165, 1.54) is 5.56 Å². The molecule has 0 heterocycles. The zero-order chi connectivity index (χ0) is 14.4. The number of hydrogen-bond donors (Lipinski definition) is 2. The molecule has 20 heavy (non-hydrogen) atoms. The summed E-state index contributed by atoms with van der Waals surface area (Å²) < 4.78 is 0. The summed E-state index contributed by atoms with van der Waals surface area (Å²) in [6.07, 6.45) is 0. The highest BCUT2D eigenvalue weighted by molar-refractivity contribution is 5.94. The van der Waals surface area contributed by atoms with E-state index < -0.39 is 0 Å². The third-order valence-electron chi connectivity index (χ3n) is 3.33. The van der Waals surface area contributed by atoms with Crippen molar-refractivity contribution in [1.82, 2.24) is 5.32 Å². The van der Waals surface area contributed by atoms with Gasteiger partial charge in [-0.15, -0.1) is 0 Å². The summed E-state index contributed by atoms with van der Waals surface area (Å²) in [5.74, 6) is 0.351. The number of carbonyl (C=O) groups is 1. The van der Waals surface area contributed by atoms with E-state index in [1.807, 2.05) is 30.3 Å². The molecule has 0 fully saturated rings. The number of benzene rings is 2. The van der Waals surface area contributed by atoms with Crippen LogP contribution in [0.15, 0.2) is 54.6 Å². The lowest BCUT2D eigenvalue weighted by atomic mass is 10.0. The normalized spacial score (nSPS) is 11.7. The second kappa shape index (κ2) is 6.75. The highest BCUT2D eigenvalue weighted by atomic mass is 16.1. The van der Waals surface area contributed by atoms with Crippen molar-refractivity contribution in [2.45, 2.75) is 12.8 Å². The van der Waals surface area contributed by atoms with E-state index in [-0.39, 0.29) is 5.91 Å². The molecular formula is C17H20N2O. The Morgan fingerprint density at radius 2 is 1.85 bits per heavy atom. The predicted molar refractivity (Wildman–Crippen MR) is 83.2 cm³/mol. The molecule has 3 heteroatoms. The van der Waals surface area contributed by atoms with Crippen LogP contribution in [0.25, 0.3) is 0 Å². The first-order valence-corrected chi connectivity index (χ1v) is 6.81. The quantitative estimate of drug-likeness (QED) is 0.874. The number of carbonyl (C=O) groups excluding carboxylic acids is 1. The van der Waals surface area contributed by atoms with Crippen molar-refractivity contribution in [1.29, 1.82) is 0 Å². The Morgan fingerprint density at radius 3 is 2.55 bits per heavy atom. The van der Waals surface area contributed by atoms with Gasteiger partial charge in [0.15, 0.2) is 0 Å². The largest absolute Gasteiger partial charge is 0.384 e. The van der Waals surface area contributed by atoms with Crippen LogP contribution in [0.2, 0.25) is 0 Å². The van der Waals surface area contributed by atoms with Gasteiger partial charge in [0.05, 0.1) is 0 Å². The SMILES string of the molecule is CNC(=O)c1cccc(NCC(C)c2ccccc2)c1. The second-order valence-corrected chi connectivity index (χ2v) is 4.85. The maximum absolute atomic E-state index is 11.6. The summed E-state index contributed by atoms with van der Waals surface area (Å²) in [5.41, 5.74) is 2.95. The maximum Gasteiger partial charge on any atom is 0.251 e. The van der Waals surface area contributed by atoms with Crippen molar-refractivity contribution >= 4 is 11.6 Å². The molecule has 1 amide bonds. The number of hydrogen-bond acceptors (Lipinski definition) is 2. The van der Waals surface area contributed by atoms with Gasteiger partial charge in [-0.3, -0.25) is 4.79 Å². The molecule has 2 N–H and O–H groups in total. The average molecular weight is 268 g/mol. The molecule has 0 aliphatic heterocycles. The highest BCUT2D eigenvalue weighted by Gasteiger charge is 2.06. The summed E-state index contributed by atoms with van der Waals surface area (Å²) in [6, 6.07) is 17.9. The standard InChI is InChI=1S/C17H20N2O/c1-13(14-7-4-3-5-8-14)12-19-16-10-6-9-15(11-16)17(20)18-2/h3-11,13,19H,12H2,1-2H3,(H,18,20). The van der Waals surface area contributed by atoms with E-state index in [4.69, 9.17) is 0 Å². The Labute approximate surface area is 120 Å². The van der Waals surface area contributed by atoms with Crippen molar-refractivity contribution < 1.29 is 4.79 Å². The molecule has 0 spiro atoms. The van der Waals surface area contributed by atoms with Crippen molar-refractivity contribution in [2.75, 3.05) is 18.9 Å². The monoisotopic (exact) mass is 268 g/mol. The Morgan fingerprint density at radius 1 is 1.10 bits per heavy atom. The summed E-state index contributed by atoms with van der Waals surface area (Å²) in [4.78, 5) is 11.6. The number of rotatable bonds is 5. The van der Waals surface area contributed by atoms with Gasteiger partial charge in [0.1, 0.15) is 0 Å². The minimum absolute atomic E-state index is 0.0650. The minimum atomic E-state index is -0.0650. The van der Waals surface area contributed by atoms with E-state index in [2.05, 4.69) is 41.8 Å². The van der Waals surface area contributed by atoms with E-state index >= 15 is 0 Å². The smallest absolute Gasteiger partial charge is 0.251 e. The van der Waals surface area contributed by atoms with E-state index in [0.717, 1.165) is 12.2 Å². The fourth-order valence-electron chi connectivity index (χ4n) is 2.09. The van der Waals surface area contributed by atoms with E-state index in [9.17, 15) is 4.79 Å². The Kier molecular flexibility index (Phi) is 4.77. The minimum Gasteiger partial charge on any atom is -0.384 e. The first-order valence-electron chi connectivity index (χ1n) is 6.81. The third kappa shape index (κ3) is 3.60. The van der Waals surface area contributed by atoms with Gasteiger partial charge in [-0.25, -0.2) is 0 Å². The van der Waals surface area contributed by atoms with Gasteiger partial charge in [0.2, 0.25) is 0 Å². The van der Waals surface area contributed by atoms with Crippen LogP contribution < -0.4 is 10.6 Å². The summed E-state index contributed by atoms with van der Waals surface area (Å²) >= 11 is 0. The van der Waals surface area contributed by atoms with E-state index in [1.54, 1.807) is 7.05 Å². The third-order valence-corrected chi connectivity index (χ3v) is 3.33. The summed E-state index contributed by atoms with van der Waals surface area (Å²) in [5, 5.41) is 6.01. The topological polar surface area (TPSA) is 41.1 Å². The van der Waals surface area contributed by atoms with Crippen LogP contribution in [0.1, 0.15) is 28.8 Å². The van der Waals surface area contributed by atoms with Crippen LogP contribution >= 0.6 is 0 Å². The number of amides is 1. The maximum atomic E-state index is 11.6. The van der Waals surface area contributed by atoms with Gasteiger partial charge < -0.3 is 10.6 Å². The average Bonchev–Trinajstić information content (AvgIpc) is 2.53. The molecular weight excluding hydrogens is 248 g/mol. The lowest BCUT2D eigenvalue weighted by Gasteiger charge is -2.14. The van der Waals surface area contributed by atoms with Crippen molar-refractivity contribution in [2.24, 2.45) is 0 Å². The van der Waals surface area contributed by atoms with Crippen molar-refractivity contribution in [3.05, 3.63) is 65.7 Å². The van der Waals surface area contributed by atoms with Gasteiger partial charge >= 0.3 is 0 Å². The zero-order valence-electron chi connectivity index (χ0n) is 11.9. The number of anilines is 1. The van der Waals surface area contributed by atoms with Crippen molar-refractivity contribution in [3.63, 3.8) is 0 Å². The lowest BCUT2D eigenvalue weighted by Crippen LogP contribution is -2.18. The van der Waals surface area contributed by atoms with Crippen LogP contribution in [-0.2, 0) is 0 Å². The van der Waals surface area contributed by atoms with Gasteiger partial charge in [0, 0.05) is 24.8 Å². The van der Waals surface area contributed by atoms with Gasteiger partial charge in [0.25, 0.3) is 5.91 Å². The fourth-order valence-corrected chi connectivity index (χ4v) is 2.09. The number of nitrogens with one attached hydrogen (secondary N) is 2. The molecule has 0 aromatic heterocycles. The Balaban J connectivity index is 1.99. The molecule has 1 unspecified atom stereocenters. The molecule has 3 nitrogen and oxygen atoms in total. The first kappa shape index (κ1) is 14.1. The van der Waals surface area contributed by atoms with Crippen molar-refractivity contribution in [3.8, 4) is 0 Å². The second-order valence-electron chi connectivity index (χ2n) is 4.85. The van der Waals surface area contributed by atoms with Crippen LogP contribution in [0.4, 0.5) is 5.69 Å². The molecule has 0 aliphatic carbocycles. The lowest BCUT2D eigenvalue weighted by molar-refractivity contribution is 0.0963. The zero-order valence-corrected chi connectivity index (χ0v) is 11.9. The molecule has 1 atom stereocenters. The van der Waals surface area contributed by atoms with Gasteiger partial charge in [-0.2, -0.15) is 0 Å². The first-order chi connectivity index (χ1) is 9.70. The van der Waals surface area contributed by atoms with Crippen LogP contribution in [0.5, 0.6) is 0 Å². The van der Waals surface area contributed by atoms with E-state index in [0.29, 0.717) is 11.5 Å². The summed E-state index contributed by atoms with van der Waals surface area (Å²) in [7, 11) is 1.64. The van der Waals surface area contributed by atoms with Gasteiger partial charge in [-0.1, -0.05) is 43.3 Å². The van der Waals surface area contributed by atoms with Crippen LogP contribution in [0, 0.1) is 0 Å². The Bertz CT molecular complexity index is 566. The molecule has 0 saturated heterocycles. The molecule has 2 aromatic rings. The van der Waals surface area contributed by atoms with Crippen LogP contribution in [0.3, 0.4) is 0 Å². The molecule has 104 valence electrons. The fraction of sp³-hybridized carbons (Fsp3) is 0.235. The Hall–Kier alpha value is -2.29.